The predicted octanol–water partition coefficient (Wildman–Crippen LogP) is -0.880. The van der Waals surface area contributed by atoms with E-state index in [1.807, 2.05) is 0 Å². The first-order chi connectivity index (χ1) is 5.91. The maximum atomic E-state index is 10.0. The Morgan fingerprint density at radius 1 is 1.23 bits per heavy atom. The second-order valence-corrected chi connectivity index (χ2v) is 2.95. The standard InChI is InChI=1S/C8H14O5/c1-4(2)6(11)8(13)7(12)5(10)3-9/h3,5,7-8,10-13H,1-2H3/t5-,7+,8-/m1/s1. The molecular weight excluding hydrogens is 176 g/mol. The largest absolute Gasteiger partial charge is 0.510 e. The second-order valence-electron chi connectivity index (χ2n) is 2.95. The lowest BCUT2D eigenvalue weighted by Crippen LogP contribution is -2.39. The lowest BCUT2D eigenvalue weighted by Gasteiger charge is -2.19. The van der Waals surface area contributed by atoms with Gasteiger partial charge in [0.2, 0.25) is 0 Å². The van der Waals surface area contributed by atoms with E-state index in [0.717, 1.165) is 0 Å². The Bertz CT molecular complexity index is 207. The van der Waals surface area contributed by atoms with Gasteiger partial charge in [-0.05, 0) is 19.4 Å². The Morgan fingerprint density at radius 2 is 1.69 bits per heavy atom. The van der Waals surface area contributed by atoms with Gasteiger partial charge in [-0.15, -0.1) is 0 Å². The minimum atomic E-state index is -1.70. The SMILES string of the molecule is CC(C)=C(O)[C@@H](O)[C@@H](O)[C@H](O)C=O. The van der Waals surface area contributed by atoms with Gasteiger partial charge in [-0.25, -0.2) is 0 Å². The average molecular weight is 190 g/mol. The lowest BCUT2D eigenvalue weighted by molar-refractivity contribution is -0.125. The fourth-order valence-electron chi connectivity index (χ4n) is 0.725. The summed E-state index contributed by atoms with van der Waals surface area (Å²) < 4.78 is 0. The third-order valence-corrected chi connectivity index (χ3v) is 1.61. The smallest absolute Gasteiger partial charge is 0.151 e. The zero-order chi connectivity index (χ0) is 10.6. The molecule has 4 N–H and O–H groups in total. The van der Waals surface area contributed by atoms with Crippen molar-refractivity contribution in [1.29, 1.82) is 0 Å². The highest BCUT2D eigenvalue weighted by Gasteiger charge is 2.27. The van der Waals surface area contributed by atoms with Crippen LogP contribution in [0.1, 0.15) is 13.8 Å². The summed E-state index contributed by atoms with van der Waals surface area (Å²) in [6.45, 7) is 3.05. The highest BCUT2D eigenvalue weighted by atomic mass is 16.4. The van der Waals surface area contributed by atoms with E-state index in [9.17, 15) is 9.90 Å². The summed E-state index contributed by atoms with van der Waals surface area (Å²) in [6, 6.07) is 0. The minimum absolute atomic E-state index is 0.0894. The monoisotopic (exact) mass is 190 g/mol. The van der Waals surface area contributed by atoms with E-state index >= 15 is 0 Å². The highest BCUT2D eigenvalue weighted by molar-refractivity contribution is 5.56. The van der Waals surface area contributed by atoms with Crippen LogP contribution in [0.15, 0.2) is 11.3 Å². The summed E-state index contributed by atoms with van der Waals surface area (Å²) >= 11 is 0. The third-order valence-electron chi connectivity index (χ3n) is 1.61. The van der Waals surface area contributed by atoms with Crippen LogP contribution in [-0.2, 0) is 4.79 Å². The van der Waals surface area contributed by atoms with Crippen molar-refractivity contribution in [3.05, 3.63) is 11.3 Å². The lowest BCUT2D eigenvalue weighted by atomic mass is 10.1. The number of aliphatic hydroxyl groups is 4. The summed E-state index contributed by atoms with van der Waals surface area (Å²) in [6.07, 6.45) is -4.94. The van der Waals surface area contributed by atoms with Crippen molar-refractivity contribution in [3.63, 3.8) is 0 Å². The molecule has 0 rings (SSSR count). The molecule has 5 heteroatoms. The quantitative estimate of drug-likeness (QED) is 0.341. The third kappa shape index (κ3) is 3.14. The number of aliphatic hydroxyl groups excluding tert-OH is 4. The van der Waals surface area contributed by atoms with Gasteiger partial charge in [0.15, 0.2) is 6.29 Å². The molecule has 0 saturated heterocycles. The zero-order valence-corrected chi connectivity index (χ0v) is 7.51. The Hall–Kier alpha value is -0.910. The van der Waals surface area contributed by atoms with Gasteiger partial charge in [0.05, 0.1) is 0 Å². The van der Waals surface area contributed by atoms with E-state index in [1.54, 1.807) is 0 Å². The Labute approximate surface area is 75.9 Å². The van der Waals surface area contributed by atoms with E-state index in [4.69, 9.17) is 15.3 Å². The number of hydrogen-bond acceptors (Lipinski definition) is 5. The molecule has 0 amide bonds. The van der Waals surface area contributed by atoms with E-state index in [0.29, 0.717) is 5.57 Å². The Balaban J connectivity index is 4.51. The molecule has 0 radical (unpaired) electrons. The summed E-state index contributed by atoms with van der Waals surface area (Å²) in [5, 5.41) is 36.2. The first-order valence-corrected chi connectivity index (χ1v) is 3.77. The van der Waals surface area contributed by atoms with Crippen LogP contribution in [0.2, 0.25) is 0 Å². The predicted molar refractivity (Wildman–Crippen MR) is 45.1 cm³/mol. The van der Waals surface area contributed by atoms with Crippen LogP contribution >= 0.6 is 0 Å². The summed E-state index contributed by atoms with van der Waals surface area (Å²) in [5.74, 6) is -0.437. The summed E-state index contributed by atoms with van der Waals surface area (Å²) in [7, 11) is 0. The maximum Gasteiger partial charge on any atom is 0.151 e. The Kier molecular flexibility index (Phi) is 4.61. The average Bonchev–Trinajstić information content (AvgIpc) is 2.12. The van der Waals surface area contributed by atoms with Crippen LogP contribution in [0.5, 0.6) is 0 Å². The molecule has 76 valence electrons. The number of carbonyl (C=O) groups is 1. The summed E-state index contributed by atoms with van der Waals surface area (Å²) in [4.78, 5) is 10.0. The van der Waals surface area contributed by atoms with Crippen LogP contribution in [0.3, 0.4) is 0 Å². The van der Waals surface area contributed by atoms with Crippen LogP contribution in [0, 0.1) is 0 Å². The zero-order valence-electron chi connectivity index (χ0n) is 7.51. The van der Waals surface area contributed by atoms with Crippen LogP contribution < -0.4 is 0 Å². The number of hydrogen-bond donors (Lipinski definition) is 4. The first-order valence-electron chi connectivity index (χ1n) is 3.77. The van der Waals surface area contributed by atoms with Gasteiger partial charge in [0.1, 0.15) is 24.1 Å². The normalized spacial score (nSPS) is 17.3. The van der Waals surface area contributed by atoms with Gasteiger partial charge in [0, 0.05) is 0 Å². The topological polar surface area (TPSA) is 98.0 Å². The Morgan fingerprint density at radius 3 is 2.00 bits per heavy atom. The number of aldehydes is 1. The molecule has 0 fully saturated rings. The molecule has 0 aromatic rings. The fourth-order valence-corrected chi connectivity index (χ4v) is 0.725. The molecular formula is C8H14O5. The molecule has 0 saturated carbocycles. The van der Waals surface area contributed by atoms with Crippen molar-refractivity contribution in [2.24, 2.45) is 0 Å². The van der Waals surface area contributed by atoms with E-state index in [1.165, 1.54) is 13.8 Å². The van der Waals surface area contributed by atoms with E-state index in [2.05, 4.69) is 0 Å². The molecule has 0 aliphatic carbocycles. The molecule has 0 aromatic carbocycles. The molecule has 13 heavy (non-hydrogen) atoms. The molecule has 5 nitrogen and oxygen atoms in total. The van der Waals surface area contributed by atoms with Crippen LogP contribution in [0.25, 0.3) is 0 Å². The van der Waals surface area contributed by atoms with Crippen LogP contribution in [0.4, 0.5) is 0 Å². The highest BCUT2D eigenvalue weighted by Crippen LogP contribution is 2.10. The van der Waals surface area contributed by atoms with Gasteiger partial charge in [0.25, 0.3) is 0 Å². The fraction of sp³-hybridized carbons (Fsp3) is 0.625. The first kappa shape index (κ1) is 12.1. The van der Waals surface area contributed by atoms with Gasteiger partial charge in [-0.1, -0.05) is 0 Å². The van der Waals surface area contributed by atoms with Crippen LogP contribution in [-0.4, -0.2) is 45.0 Å². The second kappa shape index (κ2) is 4.96. The van der Waals surface area contributed by atoms with E-state index in [-0.39, 0.29) is 6.29 Å². The van der Waals surface area contributed by atoms with Crippen molar-refractivity contribution < 1.29 is 25.2 Å². The van der Waals surface area contributed by atoms with Crippen molar-refractivity contribution in [1.82, 2.24) is 0 Å². The number of allylic oxidation sites excluding steroid dienone is 1. The number of rotatable bonds is 4. The molecule has 0 heterocycles. The molecule has 0 aliphatic rings. The van der Waals surface area contributed by atoms with Crippen molar-refractivity contribution in [2.75, 3.05) is 0 Å². The number of carbonyl (C=O) groups excluding carboxylic acids is 1. The molecule has 0 spiro atoms. The molecule has 0 bridgehead atoms. The van der Waals surface area contributed by atoms with Crippen molar-refractivity contribution in [2.45, 2.75) is 32.2 Å². The summed E-state index contributed by atoms with van der Waals surface area (Å²) in [5.41, 5.74) is 0.407. The van der Waals surface area contributed by atoms with Gasteiger partial charge in [-0.2, -0.15) is 0 Å². The maximum absolute atomic E-state index is 10.0. The van der Waals surface area contributed by atoms with Gasteiger partial charge >= 0.3 is 0 Å². The molecule has 0 aliphatic heterocycles. The van der Waals surface area contributed by atoms with Crippen molar-refractivity contribution >= 4 is 6.29 Å². The van der Waals surface area contributed by atoms with Gasteiger partial charge < -0.3 is 25.2 Å². The van der Waals surface area contributed by atoms with E-state index < -0.39 is 24.1 Å². The molecule has 0 unspecified atom stereocenters. The molecule has 0 aromatic heterocycles. The molecule has 3 atom stereocenters. The van der Waals surface area contributed by atoms with Crippen molar-refractivity contribution in [3.8, 4) is 0 Å². The van der Waals surface area contributed by atoms with Gasteiger partial charge in [-0.3, -0.25) is 0 Å². The minimum Gasteiger partial charge on any atom is -0.510 e.